The van der Waals surface area contributed by atoms with Crippen molar-refractivity contribution in [3.8, 4) is 0 Å². The summed E-state index contributed by atoms with van der Waals surface area (Å²) < 4.78 is 0. The summed E-state index contributed by atoms with van der Waals surface area (Å²) >= 11 is 0. The first-order valence-corrected chi connectivity index (χ1v) is 4.86. The average Bonchev–Trinajstić information content (AvgIpc) is 1.97. The first-order valence-electron chi connectivity index (χ1n) is 4.86. The maximum absolute atomic E-state index is 2.50. The van der Waals surface area contributed by atoms with E-state index in [0.29, 0.717) is 5.54 Å². The van der Waals surface area contributed by atoms with Gasteiger partial charge in [-0.3, -0.25) is 4.90 Å². The van der Waals surface area contributed by atoms with E-state index in [1.165, 1.54) is 19.6 Å². The molecule has 1 rings (SSSR count). The molecule has 0 saturated carbocycles. The van der Waals surface area contributed by atoms with Crippen molar-refractivity contribution in [2.45, 2.75) is 26.3 Å². The third kappa shape index (κ3) is 1.64. The summed E-state index contributed by atoms with van der Waals surface area (Å²) in [6.07, 6.45) is 0. The van der Waals surface area contributed by atoms with E-state index in [-0.39, 0.29) is 0 Å². The lowest BCUT2D eigenvalue weighted by atomic mass is 9.85. The van der Waals surface area contributed by atoms with E-state index in [2.05, 4.69) is 44.7 Å². The van der Waals surface area contributed by atoms with Gasteiger partial charge in [-0.2, -0.15) is 0 Å². The minimum absolute atomic E-state index is 0.368. The van der Waals surface area contributed by atoms with Gasteiger partial charge < -0.3 is 4.90 Å². The monoisotopic (exact) mass is 170 g/mol. The zero-order valence-corrected chi connectivity index (χ0v) is 9.09. The zero-order valence-electron chi connectivity index (χ0n) is 9.09. The summed E-state index contributed by atoms with van der Waals surface area (Å²) in [6, 6.07) is 0. The van der Waals surface area contributed by atoms with Gasteiger partial charge in [-0.25, -0.2) is 0 Å². The average molecular weight is 170 g/mol. The number of hydrogen-bond donors (Lipinski definition) is 0. The molecule has 1 aliphatic heterocycles. The van der Waals surface area contributed by atoms with Gasteiger partial charge in [0, 0.05) is 25.2 Å². The lowest BCUT2D eigenvalue weighted by molar-refractivity contribution is 0.00755. The first-order chi connectivity index (χ1) is 5.47. The van der Waals surface area contributed by atoms with Crippen LogP contribution in [0, 0.1) is 5.92 Å². The Labute approximate surface area is 76.5 Å². The molecule has 0 aromatic carbocycles. The normalized spacial score (nSPS) is 34.5. The molecule has 12 heavy (non-hydrogen) atoms. The van der Waals surface area contributed by atoms with Crippen LogP contribution in [0.3, 0.4) is 0 Å². The molecule has 1 fully saturated rings. The lowest BCUT2D eigenvalue weighted by Crippen LogP contribution is -2.60. The standard InChI is InChI=1S/C10H22N2/c1-9(2)10(3)8-11(4)6-7-12(10)5/h9H,6-8H2,1-5H3. The van der Waals surface area contributed by atoms with Crippen LogP contribution in [-0.4, -0.2) is 49.1 Å². The predicted molar refractivity (Wildman–Crippen MR) is 53.4 cm³/mol. The van der Waals surface area contributed by atoms with Gasteiger partial charge >= 0.3 is 0 Å². The Morgan fingerprint density at radius 3 is 2.17 bits per heavy atom. The van der Waals surface area contributed by atoms with Gasteiger partial charge in [-0.15, -0.1) is 0 Å². The maximum atomic E-state index is 2.50. The minimum Gasteiger partial charge on any atom is -0.303 e. The van der Waals surface area contributed by atoms with E-state index in [1.54, 1.807) is 0 Å². The Hall–Kier alpha value is -0.0800. The molecule has 1 saturated heterocycles. The van der Waals surface area contributed by atoms with Crippen molar-refractivity contribution in [3.05, 3.63) is 0 Å². The van der Waals surface area contributed by atoms with E-state index >= 15 is 0 Å². The Morgan fingerprint density at radius 2 is 1.75 bits per heavy atom. The number of nitrogens with zero attached hydrogens (tertiary/aromatic N) is 2. The van der Waals surface area contributed by atoms with Gasteiger partial charge in [0.25, 0.3) is 0 Å². The molecular formula is C10H22N2. The van der Waals surface area contributed by atoms with Crippen LogP contribution >= 0.6 is 0 Å². The molecule has 0 N–H and O–H groups in total. The topological polar surface area (TPSA) is 6.48 Å². The quantitative estimate of drug-likeness (QED) is 0.585. The smallest absolute Gasteiger partial charge is 0.0328 e. The molecule has 0 aliphatic carbocycles. The van der Waals surface area contributed by atoms with Crippen molar-refractivity contribution in [2.24, 2.45) is 5.92 Å². The summed E-state index contributed by atoms with van der Waals surface area (Å²) in [6.45, 7) is 10.6. The highest BCUT2D eigenvalue weighted by Gasteiger charge is 2.36. The second-order valence-corrected chi connectivity index (χ2v) is 4.67. The molecule has 1 aliphatic rings. The predicted octanol–water partition coefficient (Wildman–Crippen LogP) is 1.28. The van der Waals surface area contributed by atoms with Crippen LogP contribution in [0.15, 0.2) is 0 Å². The third-order valence-corrected chi connectivity index (χ3v) is 3.52. The molecule has 0 aromatic heterocycles. The first kappa shape index (κ1) is 10.0. The van der Waals surface area contributed by atoms with Crippen molar-refractivity contribution < 1.29 is 0 Å². The fraction of sp³-hybridized carbons (Fsp3) is 1.00. The minimum atomic E-state index is 0.368. The van der Waals surface area contributed by atoms with E-state index in [4.69, 9.17) is 0 Å². The molecule has 0 aromatic rings. The molecule has 1 heterocycles. The van der Waals surface area contributed by atoms with Crippen LogP contribution in [0.25, 0.3) is 0 Å². The zero-order chi connectivity index (χ0) is 9.35. The summed E-state index contributed by atoms with van der Waals surface area (Å²) in [7, 11) is 4.46. The van der Waals surface area contributed by atoms with Gasteiger partial charge in [0.1, 0.15) is 0 Å². The molecule has 2 nitrogen and oxygen atoms in total. The van der Waals surface area contributed by atoms with Crippen LogP contribution < -0.4 is 0 Å². The largest absolute Gasteiger partial charge is 0.303 e. The van der Waals surface area contributed by atoms with E-state index in [9.17, 15) is 0 Å². The summed E-state index contributed by atoms with van der Waals surface area (Å²) in [5.41, 5.74) is 0.368. The van der Waals surface area contributed by atoms with Crippen LogP contribution in [0.1, 0.15) is 20.8 Å². The fourth-order valence-electron chi connectivity index (χ4n) is 1.95. The maximum Gasteiger partial charge on any atom is 0.0328 e. The molecule has 0 amide bonds. The molecule has 0 radical (unpaired) electrons. The molecular weight excluding hydrogens is 148 g/mol. The molecule has 1 unspecified atom stereocenters. The molecule has 2 heteroatoms. The molecule has 0 bridgehead atoms. The molecule has 72 valence electrons. The van der Waals surface area contributed by atoms with Gasteiger partial charge in [-0.1, -0.05) is 13.8 Å². The van der Waals surface area contributed by atoms with Crippen molar-refractivity contribution >= 4 is 0 Å². The van der Waals surface area contributed by atoms with Crippen LogP contribution in [-0.2, 0) is 0 Å². The van der Waals surface area contributed by atoms with Crippen LogP contribution in [0.5, 0.6) is 0 Å². The Balaban J connectivity index is 2.71. The highest BCUT2D eigenvalue weighted by molar-refractivity contribution is 4.93. The van der Waals surface area contributed by atoms with Crippen molar-refractivity contribution in [1.82, 2.24) is 9.80 Å². The Bertz CT molecular complexity index is 156. The van der Waals surface area contributed by atoms with Gasteiger partial charge in [0.2, 0.25) is 0 Å². The summed E-state index contributed by atoms with van der Waals surface area (Å²) in [5.74, 6) is 0.727. The molecule has 1 atom stereocenters. The SMILES string of the molecule is CC(C)C1(C)CN(C)CCN1C. The third-order valence-electron chi connectivity index (χ3n) is 3.52. The number of piperazine rings is 1. The highest BCUT2D eigenvalue weighted by atomic mass is 15.3. The summed E-state index contributed by atoms with van der Waals surface area (Å²) in [5, 5.41) is 0. The van der Waals surface area contributed by atoms with Gasteiger partial charge in [-0.05, 0) is 26.9 Å². The Morgan fingerprint density at radius 1 is 1.17 bits per heavy atom. The van der Waals surface area contributed by atoms with E-state index in [0.717, 1.165) is 5.92 Å². The fourth-order valence-corrected chi connectivity index (χ4v) is 1.95. The highest BCUT2D eigenvalue weighted by Crippen LogP contribution is 2.26. The van der Waals surface area contributed by atoms with E-state index < -0.39 is 0 Å². The number of rotatable bonds is 1. The number of hydrogen-bond acceptors (Lipinski definition) is 2. The second-order valence-electron chi connectivity index (χ2n) is 4.67. The van der Waals surface area contributed by atoms with Crippen LogP contribution in [0.2, 0.25) is 0 Å². The van der Waals surface area contributed by atoms with Crippen molar-refractivity contribution in [2.75, 3.05) is 33.7 Å². The molecule has 0 spiro atoms. The number of likely N-dealkylation sites (N-methyl/N-ethyl adjacent to an activating group) is 2. The van der Waals surface area contributed by atoms with Gasteiger partial charge in [0.15, 0.2) is 0 Å². The summed E-state index contributed by atoms with van der Waals surface area (Å²) in [4.78, 5) is 4.93. The van der Waals surface area contributed by atoms with Crippen molar-refractivity contribution in [1.29, 1.82) is 0 Å². The van der Waals surface area contributed by atoms with E-state index in [1.807, 2.05) is 0 Å². The van der Waals surface area contributed by atoms with Crippen LogP contribution in [0.4, 0.5) is 0 Å². The second kappa shape index (κ2) is 3.35. The Kier molecular flexibility index (Phi) is 2.79. The van der Waals surface area contributed by atoms with Crippen molar-refractivity contribution in [3.63, 3.8) is 0 Å². The lowest BCUT2D eigenvalue weighted by Gasteiger charge is -2.49. The van der Waals surface area contributed by atoms with Gasteiger partial charge in [0.05, 0.1) is 0 Å².